The third-order valence-corrected chi connectivity index (χ3v) is 1.31. The van der Waals surface area contributed by atoms with Crippen LogP contribution in [-0.4, -0.2) is 26.0 Å². The van der Waals surface area contributed by atoms with E-state index in [1.54, 1.807) is 24.8 Å². The van der Waals surface area contributed by atoms with Gasteiger partial charge < -0.3 is 16.2 Å². The summed E-state index contributed by atoms with van der Waals surface area (Å²) in [6.07, 6.45) is 7.93. The molecule has 0 atom stereocenters. The summed E-state index contributed by atoms with van der Waals surface area (Å²) in [5, 5.41) is 8.34. The minimum atomic E-state index is -0.942. The van der Waals surface area contributed by atoms with Gasteiger partial charge >= 0.3 is 5.97 Å². The first-order valence-electron chi connectivity index (χ1n) is 3.87. The van der Waals surface area contributed by atoms with Gasteiger partial charge in [0, 0.05) is 24.8 Å². The number of aromatic nitrogens is 3. The summed E-state index contributed by atoms with van der Waals surface area (Å²) >= 11 is 0. The number of carbonyl (C=O) groups is 1. The van der Waals surface area contributed by atoms with Crippen LogP contribution < -0.4 is 6.15 Å². The van der Waals surface area contributed by atoms with Gasteiger partial charge in [-0.2, -0.15) is 0 Å². The lowest BCUT2D eigenvalue weighted by atomic mass is 10.3. The highest BCUT2D eigenvalue weighted by Crippen LogP contribution is 1.92. The molecule has 0 aliphatic rings. The van der Waals surface area contributed by atoms with Crippen LogP contribution in [0.5, 0.6) is 0 Å². The first kappa shape index (κ1) is 12.8. The summed E-state index contributed by atoms with van der Waals surface area (Å²) in [4.78, 5) is 20.2. The second kappa shape index (κ2) is 7.22. The number of aromatic carboxylic acids is 1. The molecule has 0 fully saturated rings. The maximum Gasteiger partial charge on any atom is 0.337 e. The number of hydrogen-bond acceptors (Lipinski definition) is 4. The molecule has 6 heteroatoms. The number of carboxylic acids is 1. The third kappa shape index (κ3) is 5.17. The van der Waals surface area contributed by atoms with Crippen LogP contribution in [0.25, 0.3) is 0 Å². The van der Waals surface area contributed by atoms with E-state index < -0.39 is 5.97 Å². The molecule has 2 aromatic heterocycles. The van der Waals surface area contributed by atoms with Crippen molar-refractivity contribution in [3.05, 3.63) is 48.8 Å². The molecule has 0 radical (unpaired) electrons. The van der Waals surface area contributed by atoms with Crippen molar-refractivity contribution in [1.82, 2.24) is 21.1 Å². The summed E-state index contributed by atoms with van der Waals surface area (Å²) in [6, 6.07) is 3.08. The van der Waals surface area contributed by atoms with Crippen molar-refractivity contribution < 1.29 is 9.90 Å². The lowest BCUT2D eigenvalue weighted by Gasteiger charge is -1.87. The van der Waals surface area contributed by atoms with Crippen molar-refractivity contribution in [1.29, 1.82) is 0 Å². The molecule has 2 rings (SSSR count). The third-order valence-electron chi connectivity index (χ3n) is 1.31. The van der Waals surface area contributed by atoms with Gasteiger partial charge in [0.05, 0.1) is 11.9 Å². The smallest absolute Gasteiger partial charge is 0.337 e. The molecule has 0 aliphatic carbocycles. The normalized spacial score (nSPS) is 8.00. The second-order valence-corrected chi connectivity index (χ2v) is 2.31. The molecule has 0 aliphatic heterocycles. The van der Waals surface area contributed by atoms with E-state index in [0.717, 1.165) is 0 Å². The molecule has 15 heavy (non-hydrogen) atoms. The molecular formula is C9H12N4O2. The number of hydrogen-bond donors (Lipinski definition) is 3. The van der Waals surface area contributed by atoms with E-state index in [1.807, 2.05) is 0 Å². The maximum absolute atomic E-state index is 10.2. The average molecular weight is 208 g/mol. The fourth-order valence-electron chi connectivity index (χ4n) is 0.704. The SMILES string of the molecule is N.O=C(O)c1cccnc1.c1c[nH]cn1. The number of nitrogens with one attached hydrogen (secondary N) is 1. The predicted molar refractivity (Wildman–Crippen MR) is 54.8 cm³/mol. The highest BCUT2D eigenvalue weighted by Gasteiger charge is 1.97. The lowest BCUT2D eigenvalue weighted by molar-refractivity contribution is 0.0696. The van der Waals surface area contributed by atoms with Crippen LogP contribution in [0.15, 0.2) is 43.2 Å². The minimum Gasteiger partial charge on any atom is -0.478 e. The Bertz CT molecular complexity index is 344. The molecule has 80 valence electrons. The summed E-state index contributed by atoms with van der Waals surface area (Å²) in [5.41, 5.74) is 0.220. The van der Waals surface area contributed by atoms with Crippen molar-refractivity contribution in [3.63, 3.8) is 0 Å². The predicted octanol–water partition coefficient (Wildman–Crippen LogP) is 1.35. The molecule has 0 unspecified atom stereocenters. The maximum atomic E-state index is 10.2. The zero-order valence-corrected chi connectivity index (χ0v) is 8.00. The molecule has 5 N–H and O–H groups in total. The van der Waals surface area contributed by atoms with Crippen molar-refractivity contribution in [2.24, 2.45) is 0 Å². The number of imidazole rings is 1. The van der Waals surface area contributed by atoms with Gasteiger partial charge in [0.15, 0.2) is 0 Å². The van der Waals surface area contributed by atoms with E-state index in [2.05, 4.69) is 15.0 Å². The van der Waals surface area contributed by atoms with Gasteiger partial charge in [0.1, 0.15) is 0 Å². The number of nitrogens with zero attached hydrogens (tertiary/aromatic N) is 2. The van der Waals surface area contributed by atoms with Crippen molar-refractivity contribution in [2.45, 2.75) is 0 Å². The Labute approximate surface area is 86.6 Å². The van der Waals surface area contributed by atoms with Crippen LogP contribution in [0.2, 0.25) is 0 Å². The van der Waals surface area contributed by atoms with E-state index in [-0.39, 0.29) is 11.7 Å². The first-order valence-corrected chi connectivity index (χ1v) is 3.87. The van der Waals surface area contributed by atoms with Crippen molar-refractivity contribution >= 4 is 5.97 Å². The molecule has 2 aromatic rings. The number of aromatic amines is 1. The molecule has 0 saturated carbocycles. The number of H-pyrrole nitrogens is 1. The van der Waals surface area contributed by atoms with Crippen LogP contribution in [-0.2, 0) is 0 Å². The summed E-state index contributed by atoms with van der Waals surface area (Å²) in [5.74, 6) is -0.942. The summed E-state index contributed by atoms with van der Waals surface area (Å²) < 4.78 is 0. The highest BCUT2D eigenvalue weighted by atomic mass is 16.4. The zero-order valence-electron chi connectivity index (χ0n) is 8.00. The fraction of sp³-hybridized carbons (Fsp3) is 0. The summed E-state index contributed by atoms with van der Waals surface area (Å²) in [6.45, 7) is 0. The number of pyridine rings is 1. The average Bonchev–Trinajstić information content (AvgIpc) is 2.77. The molecule has 2 heterocycles. The number of carboxylic acid groups (broad SMARTS) is 1. The van der Waals surface area contributed by atoms with Gasteiger partial charge in [0.25, 0.3) is 0 Å². The Kier molecular flexibility index (Phi) is 6.15. The Morgan fingerprint density at radius 1 is 1.33 bits per heavy atom. The Hall–Kier alpha value is -2.21. The summed E-state index contributed by atoms with van der Waals surface area (Å²) in [7, 11) is 0. The van der Waals surface area contributed by atoms with E-state index in [0.29, 0.717) is 0 Å². The Morgan fingerprint density at radius 2 is 2.13 bits per heavy atom. The molecule has 0 spiro atoms. The van der Waals surface area contributed by atoms with Gasteiger partial charge in [-0.1, -0.05) is 0 Å². The monoisotopic (exact) mass is 208 g/mol. The van der Waals surface area contributed by atoms with E-state index in [1.165, 1.54) is 18.5 Å². The molecule has 0 amide bonds. The largest absolute Gasteiger partial charge is 0.478 e. The van der Waals surface area contributed by atoms with Crippen LogP contribution in [0.3, 0.4) is 0 Å². The second-order valence-electron chi connectivity index (χ2n) is 2.31. The van der Waals surface area contributed by atoms with Crippen molar-refractivity contribution in [3.8, 4) is 0 Å². The topological polar surface area (TPSA) is 114 Å². The molecule has 6 nitrogen and oxygen atoms in total. The lowest BCUT2D eigenvalue weighted by Crippen LogP contribution is -1.94. The highest BCUT2D eigenvalue weighted by molar-refractivity contribution is 5.86. The van der Waals surface area contributed by atoms with Crippen LogP contribution in [0.1, 0.15) is 10.4 Å². The quantitative estimate of drug-likeness (QED) is 0.654. The van der Waals surface area contributed by atoms with Crippen molar-refractivity contribution in [2.75, 3.05) is 0 Å². The van der Waals surface area contributed by atoms with E-state index in [4.69, 9.17) is 5.11 Å². The van der Waals surface area contributed by atoms with Gasteiger partial charge in [-0.25, -0.2) is 9.78 Å². The van der Waals surface area contributed by atoms with E-state index in [9.17, 15) is 4.79 Å². The molecule has 0 saturated heterocycles. The first-order chi connectivity index (χ1) is 6.80. The fourth-order valence-corrected chi connectivity index (χ4v) is 0.704. The number of rotatable bonds is 1. The zero-order chi connectivity index (χ0) is 10.2. The van der Waals surface area contributed by atoms with Crippen LogP contribution >= 0.6 is 0 Å². The molecular weight excluding hydrogens is 196 g/mol. The standard InChI is InChI=1S/C6H5NO2.C3H4N2.H3N/c8-6(9)5-2-1-3-7-4-5;1-2-5-3-4-1;/h1-4H,(H,8,9);1-3H,(H,4,5);1H3. The van der Waals surface area contributed by atoms with Crippen LogP contribution in [0, 0.1) is 0 Å². The minimum absolute atomic E-state index is 0. The van der Waals surface area contributed by atoms with Gasteiger partial charge in [-0.3, -0.25) is 4.98 Å². The van der Waals surface area contributed by atoms with Gasteiger partial charge in [-0.15, -0.1) is 0 Å². The van der Waals surface area contributed by atoms with E-state index >= 15 is 0 Å². The van der Waals surface area contributed by atoms with Gasteiger partial charge in [-0.05, 0) is 12.1 Å². The molecule has 0 bridgehead atoms. The molecule has 0 aromatic carbocycles. The Balaban J connectivity index is 0.000000280. The van der Waals surface area contributed by atoms with Crippen LogP contribution in [0.4, 0.5) is 0 Å². The van der Waals surface area contributed by atoms with Gasteiger partial charge in [0.2, 0.25) is 0 Å². The Morgan fingerprint density at radius 3 is 2.40 bits per heavy atom.